The summed E-state index contributed by atoms with van der Waals surface area (Å²) in [7, 11) is 3.18. The van der Waals surface area contributed by atoms with Crippen LogP contribution >= 0.6 is 11.6 Å². The van der Waals surface area contributed by atoms with Gasteiger partial charge in [-0.3, -0.25) is 14.2 Å². The standard InChI is InChI=1S/C32H34ClN3O6/c1-4-42-32(39)21-8-11-24(12-9-21)35-31(38)28(15-20-5-13-25(40-2)14-6-20)36-19-29(41-3)27(17-30(36)37)26-16-23(33)10-7-22(26)18-34/h7-12,16-17,19-20,25,28H,4-6,13-15H2,1-3H3,(H,35,38)/t20-,25-,28?. The zero-order chi connectivity index (χ0) is 30.2. The predicted molar refractivity (Wildman–Crippen MR) is 160 cm³/mol. The third-order valence-corrected chi connectivity index (χ3v) is 7.88. The molecule has 3 aromatic rings. The van der Waals surface area contributed by atoms with Gasteiger partial charge < -0.3 is 19.5 Å². The number of hydrogen-bond acceptors (Lipinski definition) is 7. The van der Waals surface area contributed by atoms with Crippen molar-refractivity contribution in [2.45, 2.75) is 51.2 Å². The van der Waals surface area contributed by atoms with Crippen LogP contribution in [0.25, 0.3) is 11.1 Å². The minimum Gasteiger partial charge on any atom is -0.495 e. The monoisotopic (exact) mass is 591 g/mol. The lowest BCUT2D eigenvalue weighted by Crippen LogP contribution is -2.35. The Kier molecular flexibility index (Phi) is 10.4. The molecule has 1 heterocycles. The van der Waals surface area contributed by atoms with Crippen LogP contribution in [-0.2, 0) is 14.3 Å². The number of carbonyl (C=O) groups excluding carboxylic acids is 2. The maximum atomic E-state index is 13.8. The molecule has 1 amide bonds. The lowest BCUT2D eigenvalue weighted by Gasteiger charge is -2.30. The van der Waals surface area contributed by atoms with E-state index in [1.165, 1.54) is 23.9 Å². The van der Waals surface area contributed by atoms with Gasteiger partial charge in [0.1, 0.15) is 11.8 Å². The molecule has 0 saturated heterocycles. The molecule has 1 N–H and O–H groups in total. The molecule has 42 heavy (non-hydrogen) atoms. The highest BCUT2D eigenvalue weighted by molar-refractivity contribution is 6.31. The number of amides is 1. The van der Waals surface area contributed by atoms with Gasteiger partial charge in [0.25, 0.3) is 5.56 Å². The van der Waals surface area contributed by atoms with Crippen molar-refractivity contribution in [3.8, 4) is 22.9 Å². The number of anilines is 1. The molecule has 1 fully saturated rings. The molecular weight excluding hydrogens is 558 g/mol. The number of pyridine rings is 1. The maximum Gasteiger partial charge on any atom is 0.338 e. The first kappa shape index (κ1) is 30.8. The SMILES string of the molecule is CCOC(=O)c1ccc(NC(=O)C(C[C@H]2CC[C@H](OC)CC2)n2cc(OC)c(-c3cc(Cl)ccc3C#N)cc2=O)cc1. The Balaban J connectivity index is 1.69. The number of nitrogens with one attached hydrogen (secondary N) is 1. The number of methoxy groups -OCH3 is 2. The van der Waals surface area contributed by atoms with Gasteiger partial charge in [0, 0.05) is 35.0 Å². The van der Waals surface area contributed by atoms with E-state index >= 15 is 0 Å². The number of benzene rings is 2. The van der Waals surface area contributed by atoms with Gasteiger partial charge in [-0.25, -0.2) is 4.79 Å². The quantitative estimate of drug-likeness (QED) is 0.287. The largest absolute Gasteiger partial charge is 0.495 e. The molecule has 9 nitrogen and oxygen atoms in total. The molecule has 1 unspecified atom stereocenters. The number of aromatic nitrogens is 1. The molecule has 1 atom stereocenters. The third-order valence-electron chi connectivity index (χ3n) is 7.64. The summed E-state index contributed by atoms with van der Waals surface area (Å²) in [4.78, 5) is 39.4. The molecule has 0 radical (unpaired) electrons. The fourth-order valence-corrected chi connectivity index (χ4v) is 5.55. The van der Waals surface area contributed by atoms with Gasteiger partial charge in [-0.2, -0.15) is 5.26 Å². The van der Waals surface area contributed by atoms with Crippen LogP contribution in [0, 0.1) is 17.2 Å². The second-order valence-electron chi connectivity index (χ2n) is 10.2. The Morgan fingerprint density at radius 3 is 2.40 bits per heavy atom. The maximum absolute atomic E-state index is 13.8. The first-order valence-electron chi connectivity index (χ1n) is 13.9. The van der Waals surface area contributed by atoms with Crippen molar-refractivity contribution in [2.75, 3.05) is 26.1 Å². The first-order valence-corrected chi connectivity index (χ1v) is 14.3. The molecule has 1 aromatic heterocycles. The number of esters is 1. The molecule has 0 bridgehead atoms. The highest BCUT2D eigenvalue weighted by Gasteiger charge is 2.30. The molecule has 1 saturated carbocycles. The molecular formula is C32H34ClN3O6. The fraction of sp³-hybridized carbons (Fsp3) is 0.375. The zero-order valence-corrected chi connectivity index (χ0v) is 24.6. The lowest BCUT2D eigenvalue weighted by atomic mass is 9.83. The molecule has 1 aliphatic carbocycles. The predicted octanol–water partition coefficient (Wildman–Crippen LogP) is 6.00. The van der Waals surface area contributed by atoms with Crippen molar-refractivity contribution < 1.29 is 23.8 Å². The Labute approximate surface area is 250 Å². The van der Waals surface area contributed by atoms with Gasteiger partial charge in [0.2, 0.25) is 5.91 Å². The van der Waals surface area contributed by atoms with E-state index in [-0.39, 0.29) is 24.5 Å². The van der Waals surface area contributed by atoms with E-state index < -0.39 is 17.6 Å². The Morgan fingerprint density at radius 2 is 1.79 bits per heavy atom. The second kappa shape index (κ2) is 14.2. The molecule has 10 heteroatoms. The van der Waals surface area contributed by atoms with E-state index in [1.807, 2.05) is 0 Å². The van der Waals surface area contributed by atoms with Crippen molar-refractivity contribution in [1.82, 2.24) is 4.57 Å². The van der Waals surface area contributed by atoms with Crippen molar-refractivity contribution >= 4 is 29.2 Å². The molecule has 4 rings (SSSR count). The van der Waals surface area contributed by atoms with E-state index in [0.29, 0.717) is 45.1 Å². The number of nitrogens with zero attached hydrogens (tertiary/aromatic N) is 2. The van der Waals surface area contributed by atoms with E-state index in [0.717, 1.165) is 25.7 Å². The summed E-state index contributed by atoms with van der Waals surface area (Å²) in [5.74, 6) is -0.287. The van der Waals surface area contributed by atoms with E-state index in [1.54, 1.807) is 56.5 Å². The summed E-state index contributed by atoms with van der Waals surface area (Å²) in [6, 6.07) is 13.9. The van der Waals surface area contributed by atoms with Crippen molar-refractivity contribution in [2.24, 2.45) is 5.92 Å². The van der Waals surface area contributed by atoms with Crippen LogP contribution in [0.3, 0.4) is 0 Å². The lowest BCUT2D eigenvalue weighted by molar-refractivity contribution is -0.120. The Morgan fingerprint density at radius 1 is 1.07 bits per heavy atom. The topological polar surface area (TPSA) is 120 Å². The van der Waals surface area contributed by atoms with Crippen LogP contribution < -0.4 is 15.6 Å². The number of nitriles is 1. The minimum absolute atomic E-state index is 0.195. The number of ether oxygens (including phenoxy) is 3. The molecule has 2 aromatic carbocycles. The highest BCUT2D eigenvalue weighted by atomic mass is 35.5. The van der Waals surface area contributed by atoms with Crippen LogP contribution in [0.2, 0.25) is 5.02 Å². The fourth-order valence-electron chi connectivity index (χ4n) is 5.38. The summed E-state index contributed by atoms with van der Waals surface area (Å²) in [5, 5.41) is 13.0. The van der Waals surface area contributed by atoms with E-state index in [2.05, 4.69) is 11.4 Å². The molecule has 0 aliphatic heterocycles. The van der Waals surface area contributed by atoms with Gasteiger partial charge in [0.05, 0.1) is 43.2 Å². The van der Waals surface area contributed by atoms with Gasteiger partial charge in [-0.1, -0.05) is 11.6 Å². The van der Waals surface area contributed by atoms with E-state index in [9.17, 15) is 19.6 Å². The van der Waals surface area contributed by atoms with Gasteiger partial charge >= 0.3 is 5.97 Å². The second-order valence-corrected chi connectivity index (χ2v) is 10.7. The van der Waals surface area contributed by atoms with Gasteiger partial charge in [-0.05, 0) is 87.4 Å². The Hall–Kier alpha value is -4.13. The molecule has 220 valence electrons. The van der Waals surface area contributed by atoms with Crippen LogP contribution in [-0.4, -0.2) is 43.4 Å². The van der Waals surface area contributed by atoms with Gasteiger partial charge in [0.15, 0.2) is 0 Å². The molecule has 0 spiro atoms. The van der Waals surface area contributed by atoms with E-state index in [4.69, 9.17) is 25.8 Å². The van der Waals surface area contributed by atoms with Crippen molar-refractivity contribution in [3.05, 3.63) is 81.2 Å². The van der Waals surface area contributed by atoms with Gasteiger partial charge in [-0.15, -0.1) is 0 Å². The van der Waals surface area contributed by atoms with Crippen LogP contribution in [0.4, 0.5) is 5.69 Å². The van der Waals surface area contributed by atoms with Crippen LogP contribution in [0.15, 0.2) is 59.5 Å². The summed E-state index contributed by atoms with van der Waals surface area (Å²) in [5.41, 5.74) is 1.65. The normalized spacial score (nSPS) is 17.1. The number of hydrogen-bond donors (Lipinski definition) is 1. The minimum atomic E-state index is -0.843. The summed E-state index contributed by atoms with van der Waals surface area (Å²) < 4.78 is 17.6. The summed E-state index contributed by atoms with van der Waals surface area (Å²) in [6.07, 6.45) is 5.66. The zero-order valence-electron chi connectivity index (χ0n) is 23.9. The first-order chi connectivity index (χ1) is 20.3. The Bertz CT molecular complexity index is 1520. The number of halogens is 1. The summed E-state index contributed by atoms with van der Waals surface area (Å²) >= 11 is 6.21. The smallest absolute Gasteiger partial charge is 0.338 e. The third kappa shape index (κ3) is 7.19. The van der Waals surface area contributed by atoms with Crippen molar-refractivity contribution in [1.29, 1.82) is 5.26 Å². The van der Waals surface area contributed by atoms with Crippen LogP contribution in [0.5, 0.6) is 5.75 Å². The number of carbonyl (C=O) groups is 2. The summed E-state index contributed by atoms with van der Waals surface area (Å²) in [6.45, 7) is 1.99. The molecule has 1 aliphatic rings. The van der Waals surface area contributed by atoms with Crippen molar-refractivity contribution in [3.63, 3.8) is 0 Å². The van der Waals surface area contributed by atoms with Crippen LogP contribution in [0.1, 0.15) is 61.0 Å². The average Bonchev–Trinajstić information content (AvgIpc) is 3.00. The highest BCUT2D eigenvalue weighted by Crippen LogP contribution is 2.36. The average molecular weight is 592 g/mol. The number of rotatable bonds is 10.